The molecule has 0 aliphatic rings. The minimum absolute atomic E-state index is 0. The van der Waals surface area contributed by atoms with E-state index in [0.717, 1.165) is 134 Å². The first-order chi connectivity index (χ1) is 62.9. The second-order valence-corrected chi connectivity index (χ2v) is 32.1. The molecule has 21 nitrogen and oxygen atoms in total. The van der Waals surface area contributed by atoms with Crippen molar-refractivity contribution >= 4 is 0 Å². The summed E-state index contributed by atoms with van der Waals surface area (Å²) in [6.45, 7) is 30.1. The van der Waals surface area contributed by atoms with Crippen LogP contribution in [0.4, 0.5) is 0 Å². The highest BCUT2D eigenvalue weighted by atomic mass is 16.6. The van der Waals surface area contributed by atoms with Gasteiger partial charge in [-0.25, -0.2) is 0 Å². The van der Waals surface area contributed by atoms with E-state index in [1.54, 1.807) is 71.1 Å². The number of unbranched alkanes of at least 4 members (excludes halogenated alkanes) is 3. The van der Waals surface area contributed by atoms with Crippen LogP contribution < -0.4 is 37.9 Å². The number of aryl methyl sites for hydroxylation is 1. The predicted molar refractivity (Wildman–Crippen MR) is 568 cm³/mol. The van der Waals surface area contributed by atoms with Crippen LogP contribution in [0.15, 0.2) is 170 Å². The predicted octanol–water partition coefficient (Wildman–Crippen LogP) is 28.7. The molecular weight excluding hydrogens is 1730 g/mol. The molecule has 21 heteroatoms. The van der Waals surface area contributed by atoms with E-state index in [0.29, 0.717) is 167 Å². The lowest BCUT2D eigenvalue weighted by molar-refractivity contribution is 0.0566. The zero-order chi connectivity index (χ0) is 93.2. The Morgan fingerprint density at radius 2 is 0.467 bits per heavy atom. The van der Waals surface area contributed by atoms with E-state index in [1.165, 1.54) is 53.5 Å². The van der Waals surface area contributed by atoms with Gasteiger partial charge in [-0.2, -0.15) is 0 Å². The van der Waals surface area contributed by atoms with Crippen LogP contribution in [0.1, 0.15) is 280 Å². The zero-order valence-corrected chi connectivity index (χ0v) is 81.0. The number of benzene rings is 9. The van der Waals surface area contributed by atoms with Crippen molar-refractivity contribution in [2.45, 2.75) is 269 Å². The van der Waals surface area contributed by atoms with Crippen molar-refractivity contribution in [1.29, 1.82) is 0 Å². The Morgan fingerprint density at radius 1 is 0.226 bits per heavy atom. The second-order valence-electron chi connectivity index (χ2n) is 32.1. The van der Waals surface area contributed by atoms with Crippen LogP contribution in [-0.2, 0) is 129 Å². The van der Waals surface area contributed by atoms with E-state index < -0.39 is 0 Å². The average molecular weight is 1910 g/mol. The molecule has 0 fully saturated rings. The number of phenolic OH excluding ortho intramolecular Hbond substituents is 1. The lowest BCUT2D eigenvalue weighted by Crippen LogP contribution is -2.13. The maximum atomic E-state index is 10.7. The second kappa shape index (κ2) is 78.5. The van der Waals surface area contributed by atoms with Crippen LogP contribution >= 0.6 is 0 Å². The Morgan fingerprint density at radius 3 is 0.737 bits per heavy atom. The molecule has 0 heterocycles. The molecule has 0 amide bonds. The highest BCUT2D eigenvalue weighted by molar-refractivity contribution is 5.71. The molecule has 0 aliphatic heterocycles. The molecule has 0 radical (unpaired) electrons. The van der Waals surface area contributed by atoms with Gasteiger partial charge in [-0.05, 0) is 221 Å². The quantitative estimate of drug-likeness (QED) is 0.0352. The van der Waals surface area contributed by atoms with Gasteiger partial charge in [-0.3, -0.25) is 0 Å². The number of rotatable bonds is 60. The Kier molecular flexibility index (Phi) is 75.5. The van der Waals surface area contributed by atoms with Gasteiger partial charge in [0.15, 0.2) is 0 Å². The first kappa shape index (κ1) is 132. The van der Waals surface area contributed by atoms with Crippen LogP contribution in [0.2, 0.25) is 0 Å². The average Bonchev–Trinajstić information content (AvgIpc) is 0.785. The monoisotopic (exact) mass is 1910 g/mol. The van der Waals surface area contributed by atoms with Gasteiger partial charge >= 0.3 is 0 Å². The summed E-state index contributed by atoms with van der Waals surface area (Å²) < 4.78 is 113. The molecule has 0 aromatic heterocycles. The van der Waals surface area contributed by atoms with E-state index in [9.17, 15) is 5.11 Å². The topological polar surface area (TPSA) is 205 Å². The number of aromatic hydroxyl groups is 1. The van der Waals surface area contributed by atoms with Gasteiger partial charge in [-0.15, -0.1) is 0 Å². The Balaban J connectivity index is -0.00000174. The van der Waals surface area contributed by atoms with Gasteiger partial charge < -0.3 is 99.8 Å². The van der Waals surface area contributed by atoms with E-state index in [1.807, 2.05) is 97.1 Å². The molecule has 0 saturated heterocycles. The third kappa shape index (κ3) is 48.0. The Bertz CT molecular complexity index is 4330. The molecule has 9 rings (SSSR count). The van der Waals surface area contributed by atoms with Crippen molar-refractivity contribution in [1.82, 2.24) is 0 Å². The summed E-state index contributed by atoms with van der Waals surface area (Å²) in [5.74, 6) is 9.03. The SMILES string of the molecule is C.C.C.C.C.C.C.C.CCC(C)c1ccc(OCCOc2c(COC)cc(-c3cc(COC)c(O)c(COC)c3)cc2COC)cc1.CCC(C)c1ccc(OCCOc2c(COC)cc(COC)cc2COC)cc1.CCC(C)c1ccc(OCCOc2ccc(COC)cc2)cc1.CCCCCCc1cc(COCCOC)c(OCCOc2ccc(C(C)CC)cc2)c(COCCOC)c1. The van der Waals surface area contributed by atoms with Crippen molar-refractivity contribution < 1.29 is 99.8 Å². The van der Waals surface area contributed by atoms with Gasteiger partial charge in [-0.1, -0.05) is 202 Å². The van der Waals surface area contributed by atoms with Gasteiger partial charge in [0.2, 0.25) is 0 Å². The lowest BCUT2D eigenvalue weighted by atomic mass is 9.95. The smallest absolute Gasteiger partial charge is 0.130 e. The van der Waals surface area contributed by atoms with E-state index >= 15 is 0 Å². The van der Waals surface area contributed by atoms with Crippen LogP contribution in [-0.4, -0.2) is 155 Å². The van der Waals surface area contributed by atoms with Crippen LogP contribution in [0.3, 0.4) is 0 Å². The van der Waals surface area contributed by atoms with E-state index in [-0.39, 0.29) is 78.4 Å². The van der Waals surface area contributed by atoms with Gasteiger partial charge in [0.25, 0.3) is 0 Å². The molecule has 774 valence electrons. The molecule has 0 aliphatic carbocycles. The molecule has 0 bridgehead atoms. The van der Waals surface area contributed by atoms with Crippen molar-refractivity contribution in [3.8, 4) is 62.9 Å². The van der Waals surface area contributed by atoms with Crippen LogP contribution in [0, 0.1) is 0 Å². The summed E-state index contributed by atoms with van der Waals surface area (Å²) in [6, 6.07) is 57.7. The van der Waals surface area contributed by atoms with Crippen molar-refractivity contribution in [2.75, 3.05) is 150 Å². The third-order valence-corrected chi connectivity index (χ3v) is 22.2. The van der Waals surface area contributed by atoms with Crippen molar-refractivity contribution in [3.63, 3.8) is 0 Å². The summed E-state index contributed by atoms with van der Waals surface area (Å²) in [5.41, 5.74) is 17.9. The fraction of sp³-hybridized carbons (Fsp3) is 0.534. The summed E-state index contributed by atoms with van der Waals surface area (Å²) in [6.07, 6.45) is 10.5. The molecular formula is C116H184O21. The van der Waals surface area contributed by atoms with Crippen LogP contribution in [0.5, 0.6) is 51.7 Å². The summed E-state index contributed by atoms with van der Waals surface area (Å²) >= 11 is 0. The molecule has 1 N–H and O–H groups in total. The number of hydrogen-bond acceptors (Lipinski definition) is 21. The number of methoxy groups -OCH3 is 10. The Hall–Kier alpha value is -9.30. The summed E-state index contributed by atoms with van der Waals surface area (Å²) in [4.78, 5) is 0. The molecule has 0 spiro atoms. The maximum Gasteiger partial charge on any atom is 0.130 e. The summed E-state index contributed by atoms with van der Waals surface area (Å²) in [5, 5.41) is 10.7. The number of phenols is 1. The lowest BCUT2D eigenvalue weighted by Gasteiger charge is -2.19. The van der Waals surface area contributed by atoms with E-state index in [2.05, 4.69) is 135 Å². The highest BCUT2D eigenvalue weighted by Gasteiger charge is 2.21. The van der Waals surface area contributed by atoms with Gasteiger partial charge in [0.05, 0.1) is 92.5 Å². The normalized spacial score (nSPS) is 11.3. The standard InChI is InChI=1S/C32H42O7.C32H50O6.C24H34O5.C20H26O3.8CH4/c1-7-22(2)23-8-10-30(11-9-23)38-12-13-39-32-28(20-36-5)16-25(17-29(32)21-37-6)24-14-26(18-34-3)31(33)27(15-24)19-35-4;1-6-8-9-10-11-27-22-29(24-35-18-16-33-4)32(30(23-27)25-36-19-17-34-5)38-21-20-37-31-14-12-28(13-15-31)26(3)7-2;1-6-18(2)20-7-9-23(10-8-20)28-11-12-29-24-21(16-26-4)13-19(15-25-3)14-22(24)17-27-5;1-4-16(2)18-7-11-20(12-8-18)23-14-13-22-19-9-5-17(6-10-19)15-21-3;;;;;;;;/h8-11,14-17,22,33H,7,12-13,18-21H2,1-6H3;12-15,22-23,26H,6-11,16-21,24-25H2,1-5H3;7-10,13-14,18H,6,11-12,15-17H2,1-5H3;5-12,16H,4,13-15H2,1-3H3;8*1H4. The first-order valence-electron chi connectivity index (χ1n) is 45.8. The fourth-order valence-electron chi connectivity index (χ4n) is 14.2. The third-order valence-electron chi connectivity index (χ3n) is 22.2. The van der Waals surface area contributed by atoms with Gasteiger partial charge in [0.1, 0.15) is 105 Å². The highest BCUT2D eigenvalue weighted by Crippen LogP contribution is 2.38. The Labute approximate surface area is 831 Å². The maximum absolute atomic E-state index is 10.7. The van der Waals surface area contributed by atoms with Crippen molar-refractivity contribution in [2.24, 2.45) is 0 Å². The van der Waals surface area contributed by atoms with Gasteiger partial charge in [0, 0.05) is 116 Å². The van der Waals surface area contributed by atoms with E-state index in [4.69, 9.17) is 94.7 Å². The number of ether oxygens (including phenoxy) is 20. The summed E-state index contributed by atoms with van der Waals surface area (Å²) in [7, 11) is 16.6. The van der Waals surface area contributed by atoms with Crippen molar-refractivity contribution in [3.05, 3.63) is 253 Å². The molecule has 4 unspecified atom stereocenters. The fourth-order valence-corrected chi connectivity index (χ4v) is 14.2. The molecule has 4 atom stereocenters. The molecule has 9 aromatic carbocycles. The minimum Gasteiger partial charge on any atom is -0.507 e. The number of hydrogen-bond donors (Lipinski definition) is 1. The zero-order valence-electron chi connectivity index (χ0n) is 81.0. The minimum atomic E-state index is 0. The molecule has 9 aromatic rings. The first-order valence-corrected chi connectivity index (χ1v) is 45.8. The van der Waals surface area contributed by atoms with Crippen LogP contribution in [0.25, 0.3) is 11.1 Å². The molecule has 137 heavy (non-hydrogen) atoms. The molecule has 0 saturated carbocycles. The largest absolute Gasteiger partial charge is 0.507 e.